The largest absolute Gasteiger partial charge is 0.343 e. The van der Waals surface area contributed by atoms with Gasteiger partial charge in [-0.25, -0.2) is 0 Å². The van der Waals surface area contributed by atoms with Gasteiger partial charge in [0.05, 0.1) is 23.9 Å². The lowest BCUT2D eigenvalue weighted by atomic mass is 10.1. The van der Waals surface area contributed by atoms with E-state index >= 15 is 0 Å². The predicted molar refractivity (Wildman–Crippen MR) is 106 cm³/mol. The maximum Gasteiger partial charge on any atom is 0.244 e. The highest BCUT2D eigenvalue weighted by Gasteiger charge is 2.07. The number of tetrazole rings is 1. The van der Waals surface area contributed by atoms with Crippen LogP contribution < -0.4 is 10.6 Å². The minimum atomic E-state index is -0.456. The number of hydrogen-bond acceptors (Lipinski definition) is 6. The first-order valence-electron chi connectivity index (χ1n) is 8.34. The molecule has 3 rings (SSSR count). The molecule has 2 N–H and O–H groups in total. The Labute approximate surface area is 170 Å². The fourth-order valence-corrected chi connectivity index (χ4v) is 2.54. The van der Waals surface area contributed by atoms with Crippen LogP contribution in [0.2, 0.25) is 5.02 Å². The number of nitrogens with zero attached hydrogens (tertiary/aromatic N) is 5. The minimum absolute atomic E-state index is 0.210. The number of carbonyl (C=O) groups excluding carboxylic acids is 2. The van der Waals surface area contributed by atoms with Crippen LogP contribution in [0.25, 0.3) is 11.8 Å². The van der Waals surface area contributed by atoms with Gasteiger partial charge in [0.1, 0.15) is 6.33 Å². The molecule has 0 spiro atoms. The van der Waals surface area contributed by atoms with Crippen molar-refractivity contribution >= 4 is 35.2 Å². The van der Waals surface area contributed by atoms with Crippen molar-refractivity contribution in [2.45, 2.75) is 0 Å². The molecular formula is C19H14ClN7O2. The van der Waals surface area contributed by atoms with Crippen molar-refractivity contribution in [3.05, 3.63) is 71.0 Å². The van der Waals surface area contributed by atoms with Crippen LogP contribution in [-0.2, 0) is 9.59 Å². The minimum Gasteiger partial charge on any atom is -0.343 e. The lowest BCUT2D eigenvalue weighted by molar-refractivity contribution is -0.121. The summed E-state index contributed by atoms with van der Waals surface area (Å²) < 4.78 is 1.44. The molecule has 1 heterocycles. The summed E-state index contributed by atoms with van der Waals surface area (Å²) in [5, 5.41) is 25.4. The molecule has 0 atom stereocenters. The number of halogens is 1. The number of aromatic nitrogens is 4. The molecule has 0 aliphatic carbocycles. The van der Waals surface area contributed by atoms with Gasteiger partial charge in [0.2, 0.25) is 11.8 Å². The number of rotatable bonds is 6. The van der Waals surface area contributed by atoms with E-state index in [1.165, 1.54) is 17.1 Å². The summed E-state index contributed by atoms with van der Waals surface area (Å²) in [5.74, 6) is -0.851. The quantitative estimate of drug-likeness (QED) is 0.601. The summed E-state index contributed by atoms with van der Waals surface area (Å²) in [6.45, 7) is -0.210. The first-order valence-corrected chi connectivity index (χ1v) is 8.72. The molecule has 0 aliphatic rings. The molecule has 0 aliphatic heterocycles. The van der Waals surface area contributed by atoms with Gasteiger partial charge in [0.15, 0.2) is 0 Å². The molecule has 0 unspecified atom stereocenters. The standard InChI is InChI=1S/C19H14ClN7O2/c20-15-4-7-17(27-12-23-25-26-27)14(9-15)3-8-18(28)22-11-19(29)24-16-5-1-13(10-21)2-6-16/h1-9,12H,11H2,(H,22,28)(H,24,29)/b8-3+. The predicted octanol–water partition coefficient (Wildman–Crippen LogP) is 1.96. The first kappa shape index (κ1) is 19.7. The van der Waals surface area contributed by atoms with Crippen molar-refractivity contribution in [2.75, 3.05) is 11.9 Å². The van der Waals surface area contributed by atoms with E-state index in [0.29, 0.717) is 27.5 Å². The van der Waals surface area contributed by atoms with Gasteiger partial charge >= 0.3 is 0 Å². The molecule has 1 aromatic heterocycles. The van der Waals surface area contributed by atoms with Crippen LogP contribution >= 0.6 is 11.6 Å². The van der Waals surface area contributed by atoms with E-state index in [1.54, 1.807) is 48.5 Å². The molecule has 0 fully saturated rings. The Morgan fingerprint density at radius 1 is 1.21 bits per heavy atom. The number of anilines is 1. The maximum absolute atomic E-state index is 12.0. The van der Waals surface area contributed by atoms with E-state index < -0.39 is 11.8 Å². The summed E-state index contributed by atoms with van der Waals surface area (Å²) in [6.07, 6.45) is 4.26. The average Bonchev–Trinajstić information content (AvgIpc) is 3.26. The van der Waals surface area contributed by atoms with Gasteiger partial charge in [0, 0.05) is 22.3 Å². The zero-order valence-electron chi connectivity index (χ0n) is 14.9. The highest BCUT2D eigenvalue weighted by molar-refractivity contribution is 6.30. The van der Waals surface area contributed by atoms with Gasteiger partial charge in [-0.2, -0.15) is 9.94 Å². The number of carbonyl (C=O) groups is 2. The van der Waals surface area contributed by atoms with Gasteiger partial charge in [-0.15, -0.1) is 5.10 Å². The highest BCUT2D eigenvalue weighted by atomic mass is 35.5. The highest BCUT2D eigenvalue weighted by Crippen LogP contribution is 2.20. The first-order chi connectivity index (χ1) is 14.0. The summed E-state index contributed by atoms with van der Waals surface area (Å²) in [4.78, 5) is 24.0. The molecule has 0 radical (unpaired) electrons. The maximum atomic E-state index is 12.0. The topological polar surface area (TPSA) is 126 Å². The summed E-state index contributed by atoms with van der Waals surface area (Å²) in [6, 6.07) is 13.5. The van der Waals surface area contributed by atoms with Crippen LogP contribution in [0.5, 0.6) is 0 Å². The third-order valence-electron chi connectivity index (χ3n) is 3.72. The second-order valence-corrected chi connectivity index (χ2v) is 6.18. The summed E-state index contributed by atoms with van der Waals surface area (Å²) >= 11 is 6.03. The van der Waals surface area contributed by atoms with Crippen LogP contribution in [-0.4, -0.2) is 38.6 Å². The van der Waals surface area contributed by atoms with Crippen molar-refractivity contribution in [1.82, 2.24) is 25.5 Å². The lowest BCUT2D eigenvalue weighted by Crippen LogP contribution is -2.31. The van der Waals surface area contributed by atoms with Gasteiger partial charge in [0.25, 0.3) is 0 Å². The fourth-order valence-electron chi connectivity index (χ4n) is 2.36. The molecule has 2 aromatic carbocycles. The van der Waals surface area contributed by atoms with Gasteiger partial charge < -0.3 is 10.6 Å². The molecule has 10 heteroatoms. The fraction of sp³-hybridized carbons (Fsp3) is 0.0526. The van der Waals surface area contributed by atoms with Crippen molar-refractivity contribution in [3.63, 3.8) is 0 Å². The van der Waals surface area contributed by atoms with Crippen LogP contribution in [0.3, 0.4) is 0 Å². The number of amides is 2. The molecule has 0 saturated heterocycles. The summed E-state index contributed by atoms with van der Waals surface area (Å²) in [5.41, 5.74) is 2.29. The molecule has 0 saturated carbocycles. The molecule has 3 aromatic rings. The van der Waals surface area contributed by atoms with Crippen molar-refractivity contribution in [2.24, 2.45) is 0 Å². The van der Waals surface area contributed by atoms with Gasteiger partial charge in [-0.05, 0) is 59.0 Å². The van der Waals surface area contributed by atoms with Crippen LogP contribution in [0.4, 0.5) is 5.69 Å². The third kappa shape index (κ3) is 5.47. The second-order valence-electron chi connectivity index (χ2n) is 5.75. The molecule has 144 valence electrons. The molecule has 2 amide bonds. The van der Waals surface area contributed by atoms with Gasteiger partial charge in [-0.3, -0.25) is 9.59 Å². The van der Waals surface area contributed by atoms with Crippen molar-refractivity contribution < 1.29 is 9.59 Å². The normalized spacial score (nSPS) is 10.5. The van der Waals surface area contributed by atoms with E-state index in [2.05, 4.69) is 26.2 Å². The number of nitriles is 1. The Morgan fingerprint density at radius 2 is 2.00 bits per heavy atom. The van der Waals surface area contributed by atoms with E-state index in [0.717, 1.165) is 0 Å². The number of hydrogen-bond donors (Lipinski definition) is 2. The Kier molecular flexibility index (Phi) is 6.29. The second kappa shape index (κ2) is 9.25. The molecule has 0 bridgehead atoms. The van der Waals surface area contributed by atoms with Crippen molar-refractivity contribution in [1.29, 1.82) is 5.26 Å². The Balaban J connectivity index is 1.58. The SMILES string of the molecule is N#Cc1ccc(NC(=O)CNC(=O)/C=C/c2cc(Cl)ccc2-n2cnnn2)cc1. The van der Waals surface area contributed by atoms with Crippen LogP contribution in [0.15, 0.2) is 54.9 Å². The van der Waals surface area contributed by atoms with Crippen molar-refractivity contribution in [3.8, 4) is 11.8 Å². The Hall–Kier alpha value is -4.03. The zero-order chi connectivity index (χ0) is 20.6. The number of benzene rings is 2. The van der Waals surface area contributed by atoms with E-state index in [9.17, 15) is 9.59 Å². The monoisotopic (exact) mass is 407 g/mol. The Morgan fingerprint density at radius 3 is 2.69 bits per heavy atom. The average molecular weight is 408 g/mol. The Bertz CT molecular complexity index is 1090. The molecule has 29 heavy (non-hydrogen) atoms. The smallest absolute Gasteiger partial charge is 0.244 e. The van der Waals surface area contributed by atoms with E-state index in [1.807, 2.05) is 6.07 Å². The molecule has 9 nitrogen and oxygen atoms in total. The number of nitrogens with one attached hydrogen (secondary N) is 2. The third-order valence-corrected chi connectivity index (χ3v) is 3.96. The van der Waals surface area contributed by atoms with E-state index in [-0.39, 0.29) is 6.54 Å². The molecular weight excluding hydrogens is 394 g/mol. The zero-order valence-corrected chi connectivity index (χ0v) is 15.7. The van der Waals surface area contributed by atoms with Crippen LogP contribution in [0, 0.1) is 11.3 Å². The van der Waals surface area contributed by atoms with Gasteiger partial charge in [-0.1, -0.05) is 11.6 Å². The summed E-state index contributed by atoms with van der Waals surface area (Å²) in [7, 11) is 0. The van der Waals surface area contributed by atoms with Crippen LogP contribution in [0.1, 0.15) is 11.1 Å². The van der Waals surface area contributed by atoms with E-state index in [4.69, 9.17) is 16.9 Å². The lowest BCUT2D eigenvalue weighted by Gasteiger charge is -2.06.